The molecule has 0 aliphatic carbocycles. The minimum Gasteiger partial charge on any atom is -0.493 e. The van der Waals surface area contributed by atoms with E-state index in [0.717, 1.165) is 11.3 Å². The van der Waals surface area contributed by atoms with Crippen molar-refractivity contribution in [3.05, 3.63) is 53.6 Å². The molecule has 6 nitrogen and oxygen atoms in total. The molecule has 6 heteroatoms. The molecule has 138 valence electrons. The van der Waals surface area contributed by atoms with Crippen molar-refractivity contribution >= 4 is 17.5 Å². The van der Waals surface area contributed by atoms with Crippen LogP contribution in [-0.2, 0) is 10.2 Å². The molecule has 0 bridgehead atoms. The molecule has 0 saturated carbocycles. The van der Waals surface area contributed by atoms with Crippen LogP contribution in [0.25, 0.3) is 0 Å². The van der Waals surface area contributed by atoms with Crippen LogP contribution in [0, 0.1) is 0 Å². The lowest BCUT2D eigenvalue weighted by Gasteiger charge is -2.23. The molecule has 0 aliphatic rings. The van der Waals surface area contributed by atoms with E-state index in [4.69, 9.17) is 15.2 Å². The van der Waals surface area contributed by atoms with Crippen LogP contribution in [0.5, 0.6) is 11.5 Å². The first-order chi connectivity index (χ1) is 12.2. The minimum absolute atomic E-state index is 0.119. The number of anilines is 1. The Labute approximate surface area is 153 Å². The van der Waals surface area contributed by atoms with E-state index in [-0.39, 0.29) is 29.2 Å². The Morgan fingerprint density at radius 3 is 2.38 bits per heavy atom. The molecule has 0 atom stereocenters. The molecule has 0 spiro atoms. The quantitative estimate of drug-likeness (QED) is 0.832. The van der Waals surface area contributed by atoms with Crippen molar-refractivity contribution < 1.29 is 19.1 Å². The number of primary amides is 1. The van der Waals surface area contributed by atoms with Gasteiger partial charge in [-0.25, -0.2) is 0 Å². The molecule has 0 heterocycles. The van der Waals surface area contributed by atoms with Crippen molar-refractivity contribution in [2.24, 2.45) is 5.73 Å². The maximum absolute atomic E-state index is 12.4. The molecule has 0 saturated heterocycles. The van der Waals surface area contributed by atoms with Crippen molar-refractivity contribution in [1.82, 2.24) is 0 Å². The third-order valence-corrected chi connectivity index (χ3v) is 3.82. The Morgan fingerprint density at radius 1 is 1.08 bits per heavy atom. The third-order valence-electron chi connectivity index (χ3n) is 3.82. The number of amides is 2. The number of nitrogens with one attached hydrogen (secondary N) is 1. The van der Waals surface area contributed by atoms with Crippen LogP contribution in [0.15, 0.2) is 42.5 Å². The summed E-state index contributed by atoms with van der Waals surface area (Å²) in [5.74, 6) is -0.508. The summed E-state index contributed by atoms with van der Waals surface area (Å²) in [6.45, 7) is 5.94. The standard InChI is InChI=1S/C20H24N2O4/c1-20(2,3)14-9-5-6-10-15(14)22-17(23)12-26-18-13(19(21)24)8-7-11-16(18)25-4/h5-11H,12H2,1-4H3,(H2,21,24)(H,22,23). The van der Waals surface area contributed by atoms with Gasteiger partial charge in [0.1, 0.15) is 0 Å². The van der Waals surface area contributed by atoms with Crippen molar-refractivity contribution in [2.45, 2.75) is 26.2 Å². The second-order valence-electron chi connectivity index (χ2n) is 6.83. The fourth-order valence-corrected chi connectivity index (χ4v) is 2.59. The van der Waals surface area contributed by atoms with Gasteiger partial charge in [0.05, 0.1) is 12.7 Å². The molecule has 26 heavy (non-hydrogen) atoms. The maximum atomic E-state index is 12.4. The van der Waals surface area contributed by atoms with Crippen LogP contribution in [0.2, 0.25) is 0 Å². The summed E-state index contributed by atoms with van der Waals surface area (Å²) in [6, 6.07) is 12.4. The highest BCUT2D eigenvalue weighted by molar-refractivity contribution is 5.97. The van der Waals surface area contributed by atoms with Crippen molar-refractivity contribution in [3.8, 4) is 11.5 Å². The van der Waals surface area contributed by atoms with E-state index in [9.17, 15) is 9.59 Å². The lowest BCUT2D eigenvalue weighted by molar-refractivity contribution is -0.118. The van der Waals surface area contributed by atoms with Crippen molar-refractivity contribution in [3.63, 3.8) is 0 Å². The number of rotatable bonds is 6. The van der Waals surface area contributed by atoms with Crippen molar-refractivity contribution in [2.75, 3.05) is 19.0 Å². The fraction of sp³-hybridized carbons (Fsp3) is 0.300. The van der Waals surface area contributed by atoms with Crippen LogP contribution in [0.3, 0.4) is 0 Å². The van der Waals surface area contributed by atoms with Gasteiger partial charge < -0.3 is 20.5 Å². The molecular formula is C20H24N2O4. The van der Waals surface area contributed by atoms with Gasteiger partial charge in [0, 0.05) is 5.69 Å². The van der Waals surface area contributed by atoms with Crippen LogP contribution < -0.4 is 20.5 Å². The number of methoxy groups -OCH3 is 1. The van der Waals surface area contributed by atoms with Gasteiger partial charge in [-0.2, -0.15) is 0 Å². The molecule has 0 aliphatic heterocycles. The summed E-state index contributed by atoms with van der Waals surface area (Å²) in [5, 5.41) is 2.85. The SMILES string of the molecule is COc1cccc(C(N)=O)c1OCC(=O)Nc1ccccc1C(C)(C)C. The first kappa shape index (κ1) is 19.3. The van der Waals surface area contributed by atoms with Crippen LogP contribution in [-0.4, -0.2) is 25.5 Å². The number of nitrogens with two attached hydrogens (primary N) is 1. The number of benzene rings is 2. The number of hydrogen-bond acceptors (Lipinski definition) is 4. The number of hydrogen-bond donors (Lipinski definition) is 2. The number of carbonyl (C=O) groups is 2. The first-order valence-electron chi connectivity index (χ1n) is 8.23. The first-order valence-corrected chi connectivity index (χ1v) is 8.23. The fourth-order valence-electron chi connectivity index (χ4n) is 2.59. The van der Waals surface area contributed by atoms with E-state index in [0.29, 0.717) is 5.75 Å². The van der Waals surface area contributed by atoms with Gasteiger partial charge in [0.25, 0.3) is 11.8 Å². The Kier molecular flexibility index (Phi) is 5.87. The van der Waals surface area contributed by atoms with Crippen LogP contribution in [0.1, 0.15) is 36.7 Å². The summed E-state index contributed by atoms with van der Waals surface area (Å²) in [5.41, 5.74) is 7.14. The Hall–Kier alpha value is -3.02. The average Bonchev–Trinajstić information content (AvgIpc) is 2.59. The highest BCUT2D eigenvalue weighted by Gasteiger charge is 2.20. The molecule has 0 radical (unpaired) electrons. The lowest BCUT2D eigenvalue weighted by Crippen LogP contribution is -2.24. The lowest BCUT2D eigenvalue weighted by atomic mass is 9.86. The Morgan fingerprint density at radius 2 is 1.77 bits per heavy atom. The highest BCUT2D eigenvalue weighted by atomic mass is 16.5. The molecular weight excluding hydrogens is 332 g/mol. The zero-order chi connectivity index (χ0) is 19.3. The summed E-state index contributed by atoms with van der Waals surface area (Å²) in [4.78, 5) is 23.9. The second-order valence-corrected chi connectivity index (χ2v) is 6.83. The summed E-state index contributed by atoms with van der Waals surface area (Å²) in [7, 11) is 1.45. The van der Waals surface area contributed by atoms with E-state index in [2.05, 4.69) is 26.1 Å². The van der Waals surface area contributed by atoms with Gasteiger partial charge >= 0.3 is 0 Å². The third kappa shape index (κ3) is 4.53. The van der Waals surface area contributed by atoms with E-state index >= 15 is 0 Å². The molecule has 2 aromatic carbocycles. The molecule has 3 N–H and O–H groups in total. The number of para-hydroxylation sites is 2. The normalized spacial score (nSPS) is 10.9. The molecule has 2 rings (SSSR count). The molecule has 0 unspecified atom stereocenters. The number of ether oxygens (including phenoxy) is 2. The highest BCUT2D eigenvalue weighted by Crippen LogP contribution is 2.31. The summed E-state index contributed by atoms with van der Waals surface area (Å²) >= 11 is 0. The van der Waals surface area contributed by atoms with Gasteiger partial charge in [-0.3, -0.25) is 9.59 Å². The Balaban J connectivity index is 2.15. The zero-order valence-electron chi connectivity index (χ0n) is 15.5. The topological polar surface area (TPSA) is 90.7 Å². The second kappa shape index (κ2) is 7.91. The minimum atomic E-state index is -0.655. The van der Waals surface area contributed by atoms with Crippen molar-refractivity contribution in [1.29, 1.82) is 0 Å². The van der Waals surface area contributed by atoms with Gasteiger partial charge in [-0.1, -0.05) is 45.0 Å². The maximum Gasteiger partial charge on any atom is 0.262 e. The van der Waals surface area contributed by atoms with E-state index in [1.54, 1.807) is 12.1 Å². The zero-order valence-corrected chi connectivity index (χ0v) is 15.5. The predicted molar refractivity (Wildman–Crippen MR) is 101 cm³/mol. The average molecular weight is 356 g/mol. The van der Waals surface area contributed by atoms with Gasteiger partial charge in [0.2, 0.25) is 0 Å². The smallest absolute Gasteiger partial charge is 0.262 e. The largest absolute Gasteiger partial charge is 0.493 e. The van der Waals surface area contributed by atoms with Gasteiger partial charge in [0.15, 0.2) is 18.1 Å². The Bertz CT molecular complexity index is 810. The summed E-state index contributed by atoms with van der Waals surface area (Å²) < 4.78 is 10.7. The molecule has 2 aromatic rings. The molecule has 0 aromatic heterocycles. The number of carbonyl (C=O) groups excluding carboxylic acids is 2. The molecule has 2 amide bonds. The summed E-state index contributed by atoms with van der Waals surface area (Å²) in [6.07, 6.45) is 0. The predicted octanol–water partition coefficient (Wildman–Crippen LogP) is 3.11. The van der Waals surface area contributed by atoms with Gasteiger partial charge in [-0.15, -0.1) is 0 Å². The molecule has 0 fully saturated rings. The van der Waals surface area contributed by atoms with E-state index in [1.807, 2.05) is 24.3 Å². The monoisotopic (exact) mass is 356 g/mol. The van der Waals surface area contributed by atoms with E-state index in [1.165, 1.54) is 13.2 Å². The van der Waals surface area contributed by atoms with Crippen LogP contribution >= 0.6 is 0 Å². The van der Waals surface area contributed by atoms with Gasteiger partial charge in [-0.05, 0) is 29.2 Å². The van der Waals surface area contributed by atoms with Crippen LogP contribution in [0.4, 0.5) is 5.69 Å². The van der Waals surface area contributed by atoms with E-state index < -0.39 is 5.91 Å².